The molecule has 0 saturated carbocycles. The Bertz CT molecular complexity index is 828. The Labute approximate surface area is 168 Å². The third-order valence-corrected chi connectivity index (χ3v) is 4.40. The molecule has 1 heterocycles. The normalized spacial score (nSPS) is 16.1. The molecule has 0 radical (unpaired) electrons. The molecule has 2 amide bonds. The number of anilines is 1. The lowest BCUT2D eigenvalue weighted by Gasteiger charge is -2.26. The lowest BCUT2D eigenvalue weighted by molar-refractivity contribution is -0.862. The highest BCUT2D eigenvalue weighted by Gasteiger charge is 2.22. The van der Waals surface area contributed by atoms with Crippen molar-refractivity contribution in [3.8, 4) is 11.5 Å². The fraction of sp³-hybridized carbons (Fsp3) is 0.300. The van der Waals surface area contributed by atoms with Crippen molar-refractivity contribution < 1.29 is 24.0 Å². The number of para-hydroxylation sites is 2. The number of halogens is 1. The first-order valence-corrected chi connectivity index (χ1v) is 9.39. The maximum Gasteiger partial charge on any atom is 0.279 e. The fourth-order valence-electron chi connectivity index (χ4n) is 2.80. The summed E-state index contributed by atoms with van der Waals surface area (Å²) in [5, 5.41) is 6.22. The summed E-state index contributed by atoms with van der Waals surface area (Å²) in [6.45, 7) is 1.07. The third kappa shape index (κ3) is 5.87. The van der Waals surface area contributed by atoms with Crippen LogP contribution in [0.4, 0.5) is 5.69 Å². The molecule has 3 rings (SSSR count). The third-order valence-electron chi connectivity index (χ3n) is 4.15. The molecule has 8 heteroatoms. The van der Waals surface area contributed by atoms with Crippen LogP contribution in [-0.2, 0) is 9.59 Å². The van der Waals surface area contributed by atoms with Gasteiger partial charge in [-0.2, -0.15) is 0 Å². The Morgan fingerprint density at radius 2 is 1.75 bits per heavy atom. The maximum absolute atomic E-state index is 12.1. The lowest BCUT2D eigenvalue weighted by Crippen LogP contribution is -3.11. The van der Waals surface area contributed by atoms with Gasteiger partial charge in [0, 0.05) is 10.7 Å². The van der Waals surface area contributed by atoms with Crippen molar-refractivity contribution in [3.63, 3.8) is 0 Å². The molecule has 0 saturated heterocycles. The van der Waals surface area contributed by atoms with Gasteiger partial charge >= 0.3 is 0 Å². The summed E-state index contributed by atoms with van der Waals surface area (Å²) in [5.74, 6) is 1.06. The van der Waals surface area contributed by atoms with Crippen molar-refractivity contribution in [2.75, 3.05) is 38.6 Å². The molecule has 2 aromatic rings. The number of quaternary nitrogens is 1. The predicted molar refractivity (Wildman–Crippen MR) is 106 cm³/mol. The van der Waals surface area contributed by atoms with Crippen molar-refractivity contribution >= 4 is 29.1 Å². The van der Waals surface area contributed by atoms with Crippen LogP contribution in [0, 0.1) is 0 Å². The summed E-state index contributed by atoms with van der Waals surface area (Å²) in [6, 6.07) is 14.3. The number of likely N-dealkylation sites (N-methyl/N-ethyl adjacent to an activating group) is 1. The molecule has 2 aromatic carbocycles. The molecule has 2 atom stereocenters. The largest absolute Gasteiger partial charge is 0.486 e. The maximum atomic E-state index is 12.1. The summed E-state index contributed by atoms with van der Waals surface area (Å²) >= 11 is 5.82. The van der Waals surface area contributed by atoms with E-state index in [-0.39, 0.29) is 31.0 Å². The molecule has 1 aliphatic heterocycles. The first-order valence-electron chi connectivity index (χ1n) is 9.01. The van der Waals surface area contributed by atoms with Crippen molar-refractivity contribution in [2.45, 2.75) is 6.10 Å². The first kappa shape index (κ1) is 20.0. The Morgan fingerprint density at radius 3 is 2.50 bits per heavy atom. The number of amides is 2. The van der Waals surface area contributed by atoms with Gasteiger partial charge in [-0.1, -0.05) is 23.7 Å². The van der Waals surface area contributed by atoms with Gasteiger partial charge in [0.05, 0.1) is 13.6 Å². The second-order valence-corrected chi connectivity index (χ2v) is 7.10. The van der Waals surface area contributed by atoms with E-state index in [9.17, 15) is 9.59 Å². The Hall–Kier alpha value is -2.77. The minimum atomic E-state index is -0.243. The van der Waals surface area contributed by atoms with E-state index in [0.717, 1.165) is 4.90 Å². The number of fused-ring (bicyclic) bond motifs is 1. The van der Waals surface area contributed by atoms with Gasteiger partial charge in [-0.25, -0.2) is 0 Å². The average molecular weight is 405 g/mol. The van der Waals surface area contributed by atoms with Gasteiger partial charge in [-0.3, -0.25) is 9.59 Å². The lowest BCUT2D eigenvalue weighted by atomic mass is 10.2. The van der Waals surface area contributed by atoms with Crippen LogP contribution in [0.1, 0.15) is 0 Å². The highest BCUT2D eigenvalue weighted by atomic mass is 35.5. The molecule has 28 heavy (non-hydrogen) atoms. The minimum Gasteiger partial charge on any atom is -0.486 e. The molecule has 7 nitrogen and oxygen atoms in total. The monoisotopic (exact) mass is 404 g/mol. The number of hydrogen-bond acceptors (Lipinski definition) is 4. The van der Waals surface area contributed by atoms with E-state index in [0.29, 0.717) is 35.4 Å². The van der Waals surface area contributed by atoms with Crippen LogP contribution in [0.3, 0.4) is 0 Å². The quantitative estimate of drug-likeness (QED) is 0.636. The average Bonchev–Trinajstić information content (AvgIpc) is 2.68. The van der Waals surface area contributed by atoms with E-state index < -0.39 is 0 Å². The standard InChI is InChI=1S/C20H22ClN3O4/c1-24(12-20(26)23-15-8-6-14(21)7-9-15)11-19(25)22-10-16-13-27-17-4-2-3-5-18(17)28-16/h2-9,16H,10-13H2,1H3,(H,22,25)(H,23,26)/p+1/t16-/m1/s1. The number of carbonyl (C=O) groups is 2. The zero-order chi connectivity index (χ0) is 19.9. The van der Waals surface area contributed by atoms with Gasteiger partial charge in [0.15, 0.2) is 24.6 Å². The summed E-state index contributed by atoms with van der Waals surface area (Å²) in [7, 11) is 1.79. The molecule has 0 spiro atoms. The van der Waals surface area contributed by atoms with Gasteiger partial charge in [-0.05, 0) is 36.4 Å². The van der Waals surface area contributed by atoms with Crippen LogP contribution in [0.15, 0.2) is 48.5 Å². The van der Waals surface area contributed by atoms with Crippen molar-refractivity contribution in [3.05, 3.63) is 53.6 Å². The second kappa shape index (κ2) is 9.43. The second-order valence-electron chi connectivity index (χ2n) is 6.67. The van der Waals surface area contributed by atoms with Crippen LogP contribution in [0.25, 0.3) is 0 Å². The van der Waals surface area contributed by atoms with Crippen LogP contribution in [-0.4, -0.2) is 51.2 Å². The minimum absolute atomic E-state index is 0.153. The fourth-order valence-corrected chi connectivity index (χ4v) is 2.93. The van der Waals surface area contributed by atoms with Crippen LogP contribution in [0.5, 0.6) is 11.5 Å². The van der Waals surface area contributed by atoms with E-state index in [1.807, 2.05) is 24.3 Å². The van der Waals surface area contributed by atoms with Crippen LogP contribution in [0.2, 0.25) is 5.02 Å². The number of nitrogens with one attached hydrogen (secondary N) is 3. The molecular formula is C20H23ClN3O4+. The van der Waals surface area contributed by atoms with Crippen molar-refractivity contribution in [1.29, 1.82) is 0 Å². The van der Waals surface area contributed by atoms with Gasteiger partial charge in [0.25, 0.3) is 11.8 Å². The highest BCUT2D eigenvalue weighted by Crippen LogP contribution is 2.30. The zero-order valence-electron chi connectivity index (χ0n) is 15.5. The molecule has 148 valence electrons. The number of benzene rings is 2. The first-order chi connectivity index (χ1) is 13.5. The number of rotatable bonds is 7. The van der Waals surface area contributed by atoms with Crippen LogP contribution < -0.4 is 25.0 Å². The molecule has 0 bridgehead atoms. The smallest absolute Gasteiger partial charge is 0.279 e. The SMILES string of the molecule is C[NH+](CC(=O)NC[C@@H]1COc2ccccc2O1)CC(=O)Nc1ccc(Cl)cc1. The van der Waals surface area contributed by atoms with E-state index in [4.69, 9.17) is 21.1 Å². The summed E-state index contributed by atoms with van der Waals surface area (Å²) in [4.78, 5) is 25.0. The van der Waals surface area contributed by atoms with Crippen LogP contribution >= 0.6 is 11.6 Å². The molecule has 1 aliphatic rings. The van der Waals surface area contributed by atoms with E-state index in [1.165, 1.54) is 0 Å². The van der Waals surface area contributed by atoms with Crippen molar-refractivity contribution in [1.82, 2.24) is 5.32 Å². The van der Waals surface area contributed by atoms with Gasteiger partial charge in [0.2, 0.25) is 0 Å². The zero-order valence-corrected chi connectivity index (χ0v) is 16.3. The van der Waals surface area contributed by atoms with Gasteiger partial charge in [0.1, 0.15) is 12.7 Å². The molecule has 0 fully saturated rings. The predicted octanol–water partition coefficient (Wildman–Crippen LogP) is 0.749. The molecule has 1 unspecified atom stereocenters. The van der Waals surface area contributed by atoms with E-state index in [1.54, 1.807) is 31.3 Å². The molecule has 3 N–H and O–H groups in total. The molecular weight excluding hydrogens is 382 g/mol. The summed E-state index contributed by atoms with van der Waals surface area (Å²) in [5.41, 5.74) is 0.668. The summed E-state index contributed by atoms with van der Waals surface area (Å²) in [6.07, 6.45) is -0.243. The number of carbonyl (C=O) groups excluding carboxylic acids is 2. The molecule has 0 aliphatic carbocycles. The Balaban J connectivity index is 1.37. The van der Waals surface area contributed by atoms with Gasteiger partial charge < -0.3 is 25.0 Å². The summed E-state index contributed by atoms with van der Waals surface area (Å²) < 4.78 is 11.4. The van der Waals surface area contributed by atoms with Gasteiger partial charge in [-0.15, -0.1) is 0 Å². The van der Waals surface area contributed by atoms with E-state index in [2.05, 4.69) is 10.6 Å². The number of ether oxygens (including phenoxy) is 2. The van der Waals surface area contributed by atoms with E-state index >= 15 is 0 Å². The van der Waals surface area contributed by atoms with Crippen molar-refractivity contribution in [2.24, 2.45) is 0 Å². The number of hydrogen-bond donors (Lipinski definition) is 3. The highest BCUT2D eigenvalue weighted by molar-refractivity contribution is 6.30. The molecule has 0 aromatic heterocycles. The Morgan fingerprint density at radius 1 is 1.07 bits per heavy atom. The topological polar surface area (TPSA) is 81.1 Å². The Kier molecular flexibility index (Phi) is 6.73.